The monoisotopic (exact) mass is 374 g/mol. The van der Waals surface area contributed by atoms with Gasteiger partial charge in [0.25, 0.3) is 5.91 Å². The lowest BCUT2D eigenvalue weighted by molar-refractivity contribution is 0.101. The van der Waals surface area contributed by atoms with Crippen LogP contribution in [-0.4, -0.2) is 11.1 Å². The Morgan fingerprint density at radius 3 is 2.65 bits per heavy atom. The van der Waals surface area contributed by atoms with Crippen LogP contribution in [0.1, 0.15) is 27.4 Å². The maximum absolute atomic E-state index is 13.2. The van der Waals surface area contributed by atoms with Crippen molar-refractivity contribution in [2.75, 3.05) is 5.32 Å². The van der Waals surface area contributed by atoms with Gasteiger partial charge in [0.2, 0.25) is 0 Å². The molecule has 0 saturated carbocycles. The molecule has 7 heteroatoms. The summed E-state index contributed by atoms with van der Waals surface area (Å²) in [6, 6.07) is 11.5. The van der Waals surface area contributed by atoms with Gasteiger partial charge < -0.3 is 14.6 Å². The first-order valence-electron chi connectivity index (χ1n) is 7.85. The van der Waals surface area contributed by atoms with Crippen LogP contribution < -0.4 is 10.1 Å². The molecule has 0 saturated heterocycles. The molecule has 0 aliphatic rings. The summed E-state index contributed by atoms with van der Waals surface area (Å²) in [6.45, 7) is 3.82. The molecule has 2 aromatic carbocycles. The van der Waals surface area contributed by atoms with Crippen LogP contribution in [0.2, 0.25) is 5.02 Å². The van der Waals surface area contributed by atoms with Gasteiger partial charge in [0, 0.05) is 5.69 Å². The molecule has 0 spiro atoms. The molecule has 0 aliphatic heterocycles. The van der Waals surface area contributed by atoms with E-state index in [9.17, 15) is 9.18 Å². The van der Waals surface area contributed by atoms with E-state index in [1.165, 1.54) is 18.2 Å². The number of carbonyl (C=O) groups excluding carboxylic acids is 1. The molecular formula is C19H16ClFN2O3. The van der Waals surface area contributed by atoms with Gasteiger partial charge in [0.1, 0.15) is 23.9 Å². The Hall–Kier alpha value is -2.86. The van der Waals surface area contributed by atoms with Crippen molar-refractivity contribution in [3.63, 3.8) is 0 Å². The van der Waals surface area contributed by atoms with E-state index in [4.69, 9.17) is 20.9 Å². The molecule has 3 aromatic rings. The van der Waals surface area contributed by atoms with E-state index >= 15 is 0 Å². The number of halogens is 2. The lowest BCUT2D eigenvalue weighted by Gasteiger charge is -2.08. The highest BCUT2D eigenvalue weighted by Crippen LogP contribution is 2.22. The number of rotatable bonds is 5. The highest BCUT2D eigenvalue weighted by Gasteiger charge is 2.21. The van der Waals surface area contributed by atoms with E-state index in [2.05, 4.69) is 10.5 Å². The van der Waals surface area contributed by atoms with Gasteiger partial charge in [-0.3, -0.25) is 4.79 Å². The maximum atomic E-state index is 13.2. The quantitative estimate of drug-likeness (QED) is 0.688. The van der Waals surface area contributed by atoms with Crippen LogP contribution >= 0.6 is 11.6 Å². The first-order chi connectivity index (χ1) is 12.4. The van der Waals surface area contributed by atoms with E-state index < -0.39 is 11.7 Å². The molecule has 0 fully saturated rings. The average Bonchev–Trinajstić information content (AvgIpc) is 2.98. The highest BCUT2D eigenvalue weighted by atomic mass is 35.5. The standard InChI is InChI=1S/C19H16ClFN2O3/c1-11-3-6-14(7-4-11)25-10-15-12(2)26-23-18(15)19(24)22-13-5-8-17(21)16(20)9-13/h3-9H,10H2,1-2H3,(H,22,24). The third-order valence-electron chi connectivity index (χ3n) is 3.78. The van der Waals surface area contributed by atoms with E-state index in [0.717, 1.165) is 5.56 Å². The number of hydrogen-bond acceptors (Lipinski definition) is 4. The van der Waals surface area contributed by atoms with Crippen molar-refractivity contribution in [1.29, 1.82) is 0 Å². The fraction of sp³-hybridized carbons (Fsp3) is 0.158. The third kappa shape index (κ3) is 4.03. The molecule has 1 heterocycles. The molecule has 5 nitrogen and oxygen atoms in total. The van der Waals surface area contributed by atoms with Crippen molar-refractivity contribution >= 4 is 23.2 Å². The molecule has 1 aromatic heterocycles. The average molecular weight is 375 g/mol. The second-order valence-electron chi connectivity index (χ2n) is 5.75. The fourth-order valence-corrected chi connectivity index (χ4v) is 2.47. The second kappa shape index (κ2) is 7.58. The van der Waals surface area contributed by atoms with Crippen LogP contribution in [0.25, 0.3) is 0 Å². The van der Waals surface area contributed by atoms with Crippen LogP contribution in [0, 0.1) is 19.7 Å². The van der Waals surface area contributed by atoms with Crippen molar-refractivity contribution in [2.24, 2.45) is 0 Å². The summed E-state index contributed by atoms with van der Waals surface area (Å²) < 4.78 is 24.1. The topological polar surface area (TPSA) is 64.4 Å². The van der Waals surface area contributed by atoms with Gasteiger partial charge in [-0.05, 0) is 44.2 Å². The molecule has 0 radical (unpaired) electrons. The predicted molar refractivity (Wildman–Crippen MR) is 96.1 cm³/mol. The number of nitrogens with one attached hydrogen (secondary N) is 1. The Kier molecular flexibility index (Phi) is 5.23. The van der Waals surface area contributed by atoms with Crippen LogP contribution in [-0.2, 0) is 6.61 Å². The van der Waals surface area contributed by atoms with Crippen LogP contribution in [0.4, 0.5) is 10.1 Å². The largest absolute Gasteiger partial charge is 0.489 e. The number of aromatic nitrogens is 1. The molecule has 0 unspecified atom stereocenters. The lowest BCUT2D eigenvalue weighted by atomic mass is 10.2. The molecule has 1 amide bonds. The smallest absolute Gasteiger partial charge is 0.278 e. The summed E-state index contributed by atoms with van der Waals surface area (Å²) in [7, 11) is 0. The molecule has 0 aliphatic carbocycles. The lowest BCUT2D eigenvalue weighted by Crippen LogP contribution is -2.15. The van der Waals surface area contributed by atoms with Gasteiger partial charge >= 0.3 is 0 Å². The van der Waals surface area contributed by atoms with Gasteiger partial charge in [-0.25, -0.2) is 4.39 Å². The number of carbonyl (C=O) groups is 1. The zero-order valence-electron chi connectivity index (χ0n) is 14.2. The zero-order valence-corrected chi connectivity index (χ0v) is 14.9. The number of aryl methyl sites for hydroxylation is 2. The van der Waals surface area contributed by atoms with E-state index in [0.29, 0.717) is 22.8 Å². The van der Waals surface area contributed by atoms with Crippen molar-refractivity contribution in [3.05, 3.63) is 75.9 Å². The van der Waals surface area contributed by atoms with Crippen LogP contribution in [0.5, 0.6) is 5.75 Å². The summed E-state index contributed by atoms with van der Waals surface area (Å²) in [5.74, 6) is 0.105. The van der Waals surface area contributed by atoms with Crippen molar-refractivity contribution in [1.82, 2.24) is 5.16 Å². The molecule has 26 heavy (non-hydrogen) atoms. The molecule has 0 bridgehead atoms. The van der Waals surface area contributed by atoms with Gasteiger partial charge in [0.15, 0.2) is 5.69 Å². The van der Waals surface area contributed by atoms with E-state index in [1.54, 1.807) is 6.92 Å². The molecule has 1 N–H and O–H groups in total. The molecule has 0 atom stereocenters. The van der Waals surface area contributed by atoms with Crippen LogP contribution in [0.3, 0.4) is 0 Å². The first kappa shape index (κ1) is 17.9. The normalized spacial score (nSPS) is 10.6. The summed E-state index contributed by atoms with van der Waals surface area (Å²) >= 11 is 5.73. The summed E-state index contributed by atoms with van der Waals surface area (Å²) in [5.41, 5.74) is 2.12. The summed E-state index contributed by atoms with van der Waals surface area (Å²) in [4.78, 5) is 12.5. The van der Waals surface area contributed by atoms with Crippen molar-refractivity contribution in [2.45, 2.75) is 20.5 Å². The SMILES string of the molecule is Cc1ccc(OCc2c(C(=O)Nc3ccc(F)c(Cl)c3)noc2C)cc1. The Bertz CT molecular complexity index is 938. The Morgan fingerprint density at radius 1 is 1.23 bits per heavy atom. The summed E-state index contributed by atoms with van der Waals surface area (Å²) in [5, 5.41) is 6.34. The number of anilines is 1. The van der Waals surface area contributed by atoms with Crippen molar-refractivity contribution in [3.8, 4) is 5.75 Å². The van der Waals surface area contributed by atoms with E-state index in [-0.39, 0.29) is 17.3 Å². The maximum Gasteiger partial charge on any atom is 0.278 e. The third-order valence-corrected chi connectivity index (χ3v) is 4.07. The Labute approximate surface area is 154 Å². The predicted octanol–water partition coefficient (Wildman–Crippen LogP) is 4.92. The van der Waals surface area contributed by atoms with Crippen molar-refractivity contribution < 1.29 is 18.4 Å². The van der Waals surface area contributed by atoms with Gasteiger partial charge in [-0.15, -0.1) is 0 Å². The first-order valence-corrected chi connectivity index (χ1v) is 8.23. The minimum absolute atomic E-state index is 0.0814. The molecular weight excluding hydrogens is 359 g/mol. The van der Waals surface area contributed by atoms with E-state index in [1.807, 2.05) is 31.2 Å². The number of hydrogen-bond donors (Lipinski definition) is 1. The minimum atomic E-state index is -0.561. The number of ether oxygens (including phenoxy) is 1. The second-order valence-corrected chi connectivity index (χ2v) is 6.16. The van der Waals surface area contributed by atoms with Gasteiger partial charge in [-0.2, -0.15) is 0 Å². The minimum Gasteiger partial charge on any atom is -0.489 e. The Balaban J connectivity index is 1.74. The number of amides is 1. The zero-order chi connectivity index (χ0) is 18.7. The number of benzene rings is 2. The molecule has 134 valence electrons. The van der Waals surface area contributed by atoms with Gasteiger partial charge in [0.05, 0.1) is 10.6 Å². The molecule has 3 rings (SSSR count). The Morgan fingerprint density at radius 2 is 1.96 bits per heavy atom. The fourth-order valence-electron chi connectivity index (χ4n) is 2.29. The van der Waals surface area contributed by atoms with Crippen LogP contribution in [0.15, 0.2) is 47.0 Å². The van der Waals surface area contributed by atoms with Gasteiger partial charge in [-0.1, -0.05) is 34.5 Å². The highest BCUT2D eigenvalue weighted by molar-refractivity contribution is 6.31. The number of nitrogens with zero attached hydrogens (tertiary/aromatic N) is 1. The summed E-state index contributed by atoms with van der Waals surface area (Å²) in [6.07, 6.45) is 0.